The highest BCUT2D eigenvalue weighted by Gasteiger charge is 2.23. The van der Waals surface area contributed by atoms with Crippen LogP contribution in [0.4, 0.5) is 8.78 Å². The Morgan fingerprint density at radius 1 is 1.12 bits per heavy atom. The average molecular weight is 362 g/mol. The Bertz CT molecular complexity index is 697. The summed E-state index contributed by atoms with van der Waals surface area (Å²) in [5.74, 6) is 0.394. The molecule has 26 heavy (non-hydrogen) atoms. The minimum atomic E-state index is -2.87. The molecule has 0 saturated carbocycles. The zero-order valence-corrected chi connectivity index (χ0v) is 14.9. The molecule has 1 fully saturated rings. The van der Waals surface area contributed by atoms with Crippen LogP contribution < -0.4 is 9.47 Å². The number of aromatic nitrogens is 1. The zero-order valence-electron chi connectivity index (χ0n) is 14.9. The number of pyridine rings is 1. The van der Waals surface area contributed by atoms with E-state index in [1.807, 2.05) is 18.5 Å². The van der Waals surface area contributed by atoms with E-state index in [-0.39, 0.29) is 5.75 Å². The number of methoxy groups -OCH3 is 1. The van der Waals surface area contributed by atoms with E-state index >= 15 is 0 Å². The number of hydrogen-bond acceptors (Lipinski definition) is 4. The van der Waals surface area contributed by atoms with Gasteiger partial charge in [0.25, 0.3) is 0 Å². The van der Waals surface area contributed by atoms with Crippen LogP contribution in [-0.2, 0) is 6.54 Å². The van der Waals surface area contributed by atoms with Crippen LogP contribution in [0.1, 0.15) is 42.9 Å². The quantitative estimate of drug-likeness (QED) is 0.739. The molecular weight excluding hydrogens is 338 g/mol. The van der Waals surface area contributed by atoms with Gasteiger partial charge in [0.1, 0.15) is 0 Å². The fourth-order valence-electron chi connectivity index (χ4n) is 3.56. The molecule has 0 aliphatic carbocycles. The van der Waals surface area contributed by atoms with Crippen molar-refractivity contribution in [3.8, 4) is 11.5 Å². The van der Waals surface area contributed by atoms with Gasteiger partial charge >= 0.3 is 6.61 Å². The minimum absolute atomic E-state index is 0.0790. The van der Waals surface area contributed by atoms with E-state index < -0.39 is 6.61 Å². The summed E-state index contributed by atoms with van der Waals surface area (Å²) in [6.07, 6.45) is 8.26. The van der Waals surface area contributed by atoms with Crippen molar-refractivity contribution in [2.75, 3.05) is 13.7 Å². The van der Waals surface area contributed by atoms with Crippen molar-refractivity contribution in [2.24, 2.45) is 0 Å². The summed E-state index contributed by atoms with van der Waals surface area (Å²) >= 11 is 0. The number of ether oxygens (including phenoxy) is 2. The molecule has 1 aliphatic rings. The zero-order chi connectivity index (χ0) is 18.4. The minimum Gasteiger partial charge on any atom is -0.493 e. The van der Waals surface area contributed by atoms with Gasteiger partial charge in [-0.3, -0.25) is 9.88 Å². The van der Waals surface area contributed by atoms with Gasteiger partial charge in [-0.1, -0.05) is 18.9 Å². The Kier molecular flexibility index (Phi) is 6.39. The first kappa shape index (κ1) is 18.6. The van der Waals surface area contributed by atoms with Crippen molar-refractivity contribution >= 4 is 0 Å². The molecule has 1 atom stereocenters. The maximum Gasteiger partial charge on any atom is 0.387 e. The summed E-state index contributed by atoms with van der Waals surface area (Å²) in [5, 5.41) is 0. The third kappa shape index (κ3) is 4.69. The number of rotatable bonds is 6. The van der Waals surface area contributed by atoms with Crippen molar-refractivity contribution in [1.29, 1.82) is 0 Å². The molecule has 3 rings (SSSR count). The molecule has 0 N–H and O–H groups in total. The summed E-state index contributed by atoms with van der Waals surface area (Å²) in [6, 6.07) is 9.67. The molecule has 1 aromatic heterocycles. The van der Waals surface area contributed by atoms with Crippen molar-refractivity contribution < 1.29 is 18.3 Å². The highest BCUT2D eigenvalue weighted by Crippen LogP contribution is 2.34. The summed E-state index contributed by atoms with van der Waals surface area (Å²) in [7, 11) is 1.45. The Balaban J connectivity index is 1.82. The van der Waals surface area contributed by atoms with E-state index in [1.54, 1.807) is 12.1 Å². The number of halogens is 2. The lowest BCUT2D eigenvalue weighted by Gasteiger charge is -2.30. The first-order valence-electron chi connectivity index (χ1n) is 8.93. The maximum atomic E-state index is 12.7. The molecule has 6 heteroatoms. The first-order valence-corrected chi connectivity index (χ1v) is 8.93. The number of alkyl halides is 2. The van der Waals surface area contributed by atoms with Gasteiger partial charge in [-0.25, -0.2) is 0 Å². The smallest absolute Gasteiger partial charge is 0.387 e. The Morgan fingerprint density at radius 3 is 2.65 bits per heavy atom. The van der Waals surface area contributed by atoms with Gasteiger partial charge in [0, 0.05) is 25.0 Å². The van der Waals surface area contributed by atoms with E-state index in [2.05, 4.69) is 26.8 Å². The van der Waals surface area contributed by atoms with E-state index in [0.717, 1.165) is 24.9 Å². The molecule has 1 unspecified atom stereocenters. The molecule has 1 aliphatic heterocycles. The topological polar surface area (TPSA) is 34.6 Å². The standard InChI is InChI=1S/C20H24F2N2O2/c1-25-18-7-6-15(13-19(18)26-20(21)22)14-24-12-4-2-3-5-17(24)16-8-10-23-11-9-16/h6-11,13,17,20H,2-5,12,14H2,1H3. The lowest BCUT2D eigenvalue weighted by molar-refractivity contribution is -0.0512. The van der Waals surface area contributed by atoms with Crippen molar-refractivity contribution in [2.45, 2.75) is 44.9 Å². The Labute approximate surface area is 152 Å². The van der Waals surface area contributed by atoms with E-state index in [9.17, 15) is 8.78 Å². The maximum absolute atomic E-state index is 12.7. The average Bonchev–Trinajstić information content (AvgIpc) is 2.88. The van der Waals surface area contributed by atoms with Crippen LogP contribution in [0, 0.1) is 0 Å². The number of likely N-dealkylation sites (tertiary alicyclic amines) is 1. The predicted octanol–water partition coefficient (Wildman–Crippen LogP) is 4.81. The third-order valence-electron chi connectivity index (χ3n) is 4.78. The van der Waals surface area contributed by atoms with E-state index in [1.165, 1.54) is 25.5 Å². The highest BCUT2D eigenvalue weighted by atomic mass is 19.3. The summed E-state index contributed by atoms with van der Waals surface area (Å²) < 4.78 is 35.1. The van der Waals surface area contributed by atoms with E-state index in [4.69, 9.17) is 4.74 Å². The fourth-order valence-corrected chi connectivity index (χ4v) is 3.56. The van der Waals surface area contributed by atoms with Gasteiger partial charge in [-0.2, -0.15) is 8.78 Å². The summed E-state index contributed by atoms with van der Waals surface area (Å²) in [6.45, 7) is -1.22. The predicted molar refractivity (Wildman–Crippen MR) is 95.5 cm³/mol. The second-order valence-electron chi connectivity index (χ2n) is 6.48. The Morgan fingerprint density at radius 2 is 1.92 bits per heavy atom. The van der Waals surface area contributed by atoms with E-state index in [0.29, 0.717) is 18.3 Å². The van der Waals surface area contributed by atoms with Gasteiger partial charge < -0.3 is 9.47 Å². The number of benzene rings is 1. The van der Waals surface area contributed by atoms with Crippen LogP contribution in [0.2, 0.25) is 0 Å². The van der Waals surface area contributed by atoms with Crippen molar-refractivity contribution in [3.05, 3.63) is 53.9 Å². The molecule has 0 radical (unpaired) electrons. The normalized spacial score (nSPS) is 18.5. The third-order valence-corrected chi connectivity index (χ3v) is 4.78. The monoisotopic (exact) mass is 362 g/mol. The fraction of sp³-hybridized carbons (Fsp3) is 0.450. The second-order valence-corrected chi connectivity index (χ2v) is 6.48. The molecule has 2 aromatic rings. The highest BCUT2D eigenvalue weighted by molar-refractivity contribution is 5.43. The van der Waals surface area contributed by atoms with Gasteiger partial charge in [0.15, 0.2) is 11.5 Å². The molecule has 2 heterocycles. The Hall–Kier alpha value is -2.21. The van der Waals surface area contributed by atoms with Crippen LogP contribution in [0.25, 0.3) is 0 Å². The van der Waals surface area contributed by atoms with Crippen LogP contribution in [0.15, 0.2) is 42.7 Å². The van der Waals surface area contributed by atoms with Crippen LogP contribution in [0.3, 0.4) is 0 Å². The largest absolute Gasteiger partial charge is 0.493 e. The van der Waals surface area contributed by atoms with Gasteiger partial charge in [-0.15, -0.1) is 0 Å². The SMILES string of the molecule is COc1ccc(CN2CCCCCC2c2ccncc2)cc1OC(F)F. The van der Waals surface area contributed by atoms with Crippen molar-refractivity contribution in [3.63, 3.8) is 0 Å². The molecule has 140 valence electrons. The van der Waals surface area contributed by atoms with Gasteiger partial charge in [-0.05, 0) is 54.8 Å². The molecule has 0 spiro atoms. The molecular formula is C20H24F2N2O2. The first-order chi connectivity index (χ1) is 12.7. The number of nitrogens with zero attached hydrogens (tertiary/aromatic N) is 2. The lowest BCUT2D eigenvalue weighted by atomic mass is 10.0. The molecule has 1 aromatic carbocycles. The van der Waals surface area contributed by atoms with Gasteiger partial charge in [0.05, 0.1) is 7.11 Å². The lowest BCUT2D eigenvalue weighted by Crippen LogP contribution is -2.28. The summed E-state index contributed by atoms with van der Waals surface area (Å²) in [4.78, 5) is 6.52. The second kappa shape index (κ2) is 8.94. The molecule has 4 nitrogen and oxygen atoms in total. The van der Waals surface area contributed by atoms with Crippen LogP contribution in [-0.4, -0.2) is 30.1 Å². The molecule has 0 amide bonds. The van der Waals surface area contributed by atoms with Crippen LogP contribution in [0.5, 0.6) is 11.5 Å². The molecule has 1 saturated heterocycles. The number of hydrogen-bond donors (Lipinski definition) is 0. The van der Waals surface area contributed by atoms with Gasteiger partial charge in [0.2, 0.25) is 0 Å². The van der Waals surface area contributed by atoms with Crippen LogP contribution >= 0.6 is 0 Å². The molecule has 0 bridgehead atoms. The van der Waals surface area contributed by atoms with Crippen molar-refractivity contribution in [1.82, 2.24) is 9.88 Å². The summed E-state index contributed by atoms with van der Waals surface area (Å²) in [5.41, 5.74) is 2.18.